The van der Waals surface area contributed by atoms with E-state index in [0.717, 1.165) is 16.7 Å². The maximum absolute atomic E-state index is 12.0. The predicted octanol–water partition coefficient (Wildman–Crippen LogP) is 2.54. The summed E-state index contributed by atoms with van der Waals surface area (Å²) in [4.78, 5) is 12.0. The molecule has 0 heterocycles. The molecule has 0 saturated carbocycles. The molecule has 0 aliphatic carbocycles. The molecule has 0 fully saturated rings. The SMILES string of the molecule is Cc1cc(CCC(=O)OCC[N+](C)(C)CCO)cc(C(C)(C)C)c1O. The lowest BCUT2D eigenvalue weighted by Crippen LogP contribution is -2.44. The summed E-state index contributed by atoms with van der Waals surface area (Å²) in [7, 11) is 3.99. The number of phenolic OH excluding ortho intramolecular Hbond substituents is 1. The van der Waals surface area contributed by atoms with Crippen LogP contribution in [0.15, 0.2) is 12.1 Å². The fourth-order valence-corrected chi connectivity index (χ4v) is 2.68. The second-order valence-corrected chi connectivity index (χ2v) is 8.39. The molecular formula is C20H34NO4+. The summed E-state index contributed by atoms with van der Waals surface area (Å²) in [6.07, 6.45) is 0.916. The Labute approximate surface area is 151 Å². The van der Waals surface area contributed by atoms with Crippen LogP contribution < -0.4 is 0 Å². The Balaban J connectivity index is 2.58. The van der Waals surface area contributed by atoms with Crippen LogP contribution in [0.5, 0.6) is 5.75 Å². The average molecular weight is 352 g/mol. The number of benzene rings is 1. The van der Waals surface area contributed by atoms with Crippen molar-refractivity contribution in [2.45, 2.75) is 46.0 Å². The number of likely N-dealkylation sites (N-methyl/N-ethyl adjacent to an activating group) is 1. The van der Waals surface area contributed by atoms with Crippen molar-refractivity contribution in [3.63, 3.8) is 0 Å². The largest absolute Gasteiger partial charge is 0.507 e. The van der Waals surface area contributed by atoms with Gasteiger partial charge >= 0.3 is 5.97 Å². The first kappa shape index (κ1) is 21.5. The molecule has 0 spiro atoms. The highest BCUT2D eigenvalue weighted by molar-refractivity contribution is 5.69. The third kappa shape index (κ3) is 7.04. The molecule has 0 atom stereocenters. The number of carbonyl (C=O) groups excluding carboxylic acids is 1. The highest BCUT2D eigenvalue weighted by Gasteiger charge is 2.20. The van der Waals surface area contributed by atoms with Crippen molar-refractivity contribution in [2.24, 2.45) is 0 Å². The molecule has 0 aromatic heterocycles. The molecule has 2 N–H and O–H groups in total. The Morgan fingerprint density at radius 3 is 2.40 bits per heavy atom. The molecule has 5 nitrogen and oxygen atoms in total. The summed E-state index contributed by atoms with van der Waals surface area (Å²) in [5.74, 6) is 0.120. The molecule has 0 radical (unpaired) electrons. The van der Waals surface area contributed by atoms with Crippen LogP contribution in [-0.2, 0) is 21.4 Å². The number of carbonyl (C=O) groups is 1. The number of esters is 1. The molecule has 25 heavy (non-hydrogen) atoms. The van der Waals surface area contributed by atoms with E-state index in [1.807, 2.05) is 33.2 Å². The minimum atomic E-state index is -0.216. The van der Waals surface area contributed by atoms with Crippen LogP contribution in [0.4, 0.5) is 0 Å². The predicted molar refractivity (Wildman–Crippen MR) is 99.8 cm³/mol. The maximum Gasteiger partial charge on any atom is 0.306 e. The van der Waals surface area contributed by atoms with Crippen molar-refractivity contribution in [1.29, 1.82) is 0 Å². The lowest BCUT2D eigenvalue weighted by atomic mass is 9.83. The van der Waals surface area contributed by atoms with Gasteiger partial charge in [0.05, 0.1) is 20.7 Å². The van der Waals surface area contributed by atoms with Crippen LogP contribution in [0.25, 0.3) is 0 Å². The van der Waals surface area contributed by atoms with Crippen LogP contribution >= 0.6 is 0 Å². The van der Waals surface area contributed by atoms with Crippen LogP contribution in [-0.4, -0.2) is 61.1 Å². The topological polar surface area (TPSA) is 66.8 Å². The van der Waals surface area contributed by atoms with E-state index < -0.39 is 0 Å². The van der Waals surface area contributed by atoms with Gasteiger partial charge in [-0.2, -0.15) is 0 Å². The zero-order chi connectivity index (χ0) is 19.3. The van der Waals surface area contributed by atoms with Crippen molar-refractivity contribution in [2.75, 3.05) is 40.4 Å². The number of hydrogen-bond acceptors (Lipinski definition) is 4. The first-order chi connectivity index (χ1) is 11.5. The minimum absolute atomic E-state index is 0.122. The van der Waals surface area contributed by atoms with Crippen LogP contribution in [0, 0.1) is 6.92 Å². The fourth-order valence-electron chi connectivity index (χ4n) is 2.68. The van der Waals surface area contributed by atoms with Gasteiger partial charge in [0.25, 0.3) is 0 Å². The van der Waals surface area contributed by atoms with E-state index in [4.69, 9.17) is 9.84 Å². The number of quaternary nitrogens is 1. The van der Waals surface area contributed by atoms with Crippen LogP contribution in [0.2, 0.25) is 0 Å². The smallest absolute Gasteiger partial charge is 0.306 e. The zero-order valence-electron chi connectivity index (χ0n) is 16.6. The second-order valence-electron chi connectivity index (χ2n) is 8.39. The zero-order valence-corrected chi connectivity index (χ0v) is 16.6. The molecule has 0 unspecified atom stereocenters. The average Bonchev–Trinajstić information content (AvgIpc) is 2.46. The molecule has 0 aliphatic heterocycles. The molecular weight excluding hydrogens is 318 g/mol. The van der Waals surface area contributed by atoms with Gasteiger partial charge in [0.15, 0.2) is 0 Å². The third-order valence-electron chi connectivity index (χ3n) is 4.45. The monoisotopic (exact) mass is 352 g/mol. The Hall–Kier alpha value is -1.59. The first-order valence-corrected chi connectivity index (χ1v) is 8.88. The van der Waals surface area contributed by atoms with Gasteiger partial charge in [-0.1, -0.05) is 32.9 Å². The van der Waals surface area contributed by atoms with Crippen molar-refractivity contribution >= 4 is 5.97 Å². The molecule has 0 saturated heterocycles. The van der Waals surface area contributed by atoms with Crippen molar-refractivity contribution in [1.82, 2.24) is 0 Å². The third-order valence-corrected chi connectivity index (χ3v) is 4.45. The van der Waals surface area contributed by atoms with Gasteiger partial charge in [-0.05, 0) is 35.4 Å². The molecule has 142 valence electrons. The number of aliphatic hydroxyl groups is 1. The molecule has 5 heteroatoms. The van der Waals surface area contributed by atoms with Gasteiger partial charge < -0.3 is 19.4 Å². The lowest BCUT2D eigenvalue weighted by molar-refractivity contribution is -0.890. The van der Waals surface area contributed by atoms with Gasteiger partial charge in [0.2, 0.25) is 0 Å². The summed E-state index contributed by atoms with van der Waals surface area (Å²) in [6.45, 7) is 9.86. The first-order valence-electron chi connectivity index (χ1n) is 8.88. The standard InChI is InChI=1S/C20H33NO4/c1-15-13-16(14-17(19(15)24)20(2,3)4)7-8-18(23)25-12-10-21(5,6)9-11-22/h13-14,22H,7-12H2,1-6H3/p+1. The Morgan fingerprint density at radius 2 is 1.84 bits per heavy atom. The lowest BCUT2D eigenvalue weighted by Gasteiger charge is -2.28. The molecule has 1 aromatic carbocycles. The highest BCUT2D eigenvalue weighted by atomic mass is 16.5. The van der Waals surface area contributed by atoms with Gasteiger partial charge in [-0.15, -0.1) is 0 Å². The van der Waals surface area contributed by atoms with E-state index in [1.54, 1.807) is 0 Å². The van der Waals surface area contributed by atoms with Gasteiger partial charge in [0.1, 0.15) is 25.4 Å². The number of phenols is 1. The summed E-state index contributed by atoms with van der Waals surface area (Å²) in [6, 6.07) is 3.91. The van der Waals surface area contributed by atoms with E-state index in [2.05, 4.69) is 20.8 Å². The van der Waals surface area contributed by atoms with E-state index >= 15 is 0 Å². The van der Waals surface area contributed by atoms with E-state index in [-0.39, 0.29) is 18.0 Å². The summed E-state index contributed by atoms with van der Waals surface area (Å²) >= 11 is 0. The fraction of sp³-hybridized carbons (Fsp3) is 0.650. The minimum Gasteiger partial charge on any atom is -0.507 e. The summed E-state index contributed by atoms with van der Waals surface area (Å²) in [5.41, 5.74) is 2.62. The van der Waals surface area contributed by atoms with Gasteiger partial charge in [-0.3, -0.25) is 4.79 Å². The quantitative estimate of drug-likeness (QED) is 0.557. The maximum atomic E-state index is 12.0. The van der Waals surface area contributed by atoms with Gasteiger partial charge in [-0.25, -0.2) is 0 Å². The number of aliphatic hydroxyl groups excluding tert-OH is 1. The molecule has 0 bridgehead atoms. The number of rotatable bonds is 8. The highest BCUT2D eigenvalue weighted by Crippen LogP contribution is 2.34. The number of aromatic hydroxyl groups is 1. The van der Waals surface area contributed by atoms with E-state index in [1.165, 1.54) is 0 Å². The molecule has 1 rings (SSSR count). The van der Waals surface area contributed by atoms with Crippen molar-refractivity contribution in [3.05, 3.63) is 28.8 Å². The van der Waals surface area contributed by atoms with Crippen molar-refractivity contribution < 1.29 is 24.2 Å². The second kappa shape index (κ2) is 8.68. The number of nitrogens with zero attached hydrogens (tertiary/aromatic N) is 1. The van der Waals surface area contributed by atoms with E-state index in [0.29, 0.717) is 42.8 Å². The van der Waals surface area contributed by atoms with Gasteiger partial charge in [0, 0.05) is 6.42 Å². The molecule has 0 aliphatic rings. The Bertz CT molecular complexity index is 588. The Morgan fingerprint density at radius 1 is 1.20 bits per heavy atom. The van der Waals surface area contributed by atoms with E-state index in [9.17, 15) is 9.90 Å². The molecule has 1 aromatic rings. The summed E-state index contributed by atoms with van der Waals surface area (Å²) in [5, 5.41) is 19.3. The van der Waals surface area contributed by atoms with Crippen LogP contribution in [0.1, 0.15) is 43.9 Å². The number of ether oxygens (including phenoxy) is 1. The Kier molecular flexibility index (Phi) is 7.44. The number of hydrogen-bond donors (Lipinski definition) is 2. The summed E-state index contributed by atoms with van der Waals surface area (Å²) < 4.78 is 5.93. The van der Waals surface area contributed by atoms with Crippen LogP contribution in [0.3, 0.4) is 0 Å². The molecule has 0 amide bonds. The normalized spacial score (nSPS) is 12.3. The van der Waals surface area contributed by atoms with Crippen molar-refractivity contribution in [3.8, 4) is 5.75 Å². The number of aryl methyl sites for hydroxylation is 2.